The number of fused-ring (bicyclic) bond motifs is 1. The number of hydrogen-bond donors (Lipinski definition) is 1. The maximum absolute atomic E-state index is 12.3. The van der Waals surface area contributed by atoms with Crippen LogP contribution in [-0.4, -0.2) is 39.8 Å². The molecule has 1 saturated heterocycles. The molecule has 2 aromatic rings. The number of aromatic nitrogens is 2. The average molecular weight is 377 g/mol. The molecule has 0 radical (unpaired) electrons. The van der Waals surface area contributed by atoms with Crippen LogP contribution in [0, 0.1) is 13.8 Å². The van der Waals surface area contributed by atoms with E-state index in [2.05, 4.69) is 9.97 Å². The predicted molar refractivity (Wildman–Crippen MR) is 99.3 cm³/mol. The van der Waals surface area contributed by atoms with E-state index in [0.29, 0.717) is 29.0 Å². The fraction of sp³-hybridized carbons (Fsp3) is 0.556. The number of nitrogens with one attached hydrogen (secondary N) is 1. The van der Waals surface area contributed by atoms with E-state index in [0.717, 1.165) is 29.7 Å². The number of aryl methyl sites for hydroxylation is 2. The summed E-state index contributed by atoms with van der Waals surface area (Å²) in [5, 5.41) is 0.588. The van der Waals surface area contributed by atoms with Crippen LogP contribution in [0.25, 0.3) is 10.2 Å². The molecule has 2 aromatic heterocycles. The van der Waals surface area contributed by atoms with Gasteiger partial charge >= 0.3 is 5.97 Å². The number of amides is 1. The van der Waals surface area contributed by atoms with Gasteiger partial charge in [-0.2, -0.15) is 0 Å². The van der Waals surface area contributed by atoms with Gasteiger partial charge in [-0.25, -0.2) is 4.98 Å². The Bertz CT molecular complexity index is 902. The van der Waals surface area contributed by atoms with Gasteiger partial charge < -0.3 is 14.6 Å². The fourth-order valence-corrected chi connectivity index (χ4v) is 4.15. The van der Waals surface area contributed by atoms with Crippen molar-refractivity contribution in [2.75, 3.05) is 13.1 Å². The Hall–Kier alpha value is -2.22. The lowest BCUT2D eigenvalue weighted by Crippen LogP contribution is -2.36. The fourth-order valence-electron chi connectivity index (χ4n) is 3.12. The second kappa shape index (κ2) is 7.57. The molecule has 0 aromatic carbocycles. The van der Waals surface area contributed by atoms with Crippen molar-refractivity contribution in [2.24, 2.45) is 0 Å². The summed E-state index contributed by atoms with van der Waals surface area (Å²) in [6.07, 6.45) is 2.55. The third kappa shape index (κ3) is 3.80. The molecule has 3 heterocycles. The highest BCUT2D eigenvalue weighted by molar-refractivity contribution is 7.18. The molecule has 1 N–H and O–H groups in total. The topological polar surface area (TPSA) is 92.4 Å². The van der Waals surface area contributed by atoms with Crippen molar-refractivity contribution in [1.29, 1.82) is 0 Å². The van der Waals surface area contributed by atoms with Gasteiger partial charge in [0.1, 0.15) is 11.4 Å². The van der Waals surface area contributed by atoms with Gasteiger partial charge in [0.05, 0.1) is 5.39 Å². The number of esters is 1. The van der Waals surface area contributed by atoms with E-state index in [4.69, 9.17) is 4.74 Å². The lowest BCUT2D eigenvalue weighted by Gasteiger charge is -2.20. The van der Waals surface area contributed by atoms with Gasteiger partial charge in [0.25, 0.3) is 5.56 Å². The Morgan fingerprint density at radius 2 is 2.08 bits per heavy atom. The number of ether oxygens (including phenoxy) is 1. The van der Waals surface area contributed by atoms with Crippen molar-refractivity contribution < 1.29 is 14.3 Å². The second-order valence-corrected chi connectivity index (χ2v) is 7.88. The molecule has 0 aliphatic carbocycles. The molecular formula is C18H23N3O4S. The predicted octanol–water partition coefficient (Wildman–Crippen LogP) is 2.61. The Morgan fingerprint density at radius 3 is 2.85 bits per heavy atom. The summed E-state index contributed by atoms with van der Waals surface area (Å²) in [4.78, 5) is 47.0. The molecular weight excluding hydrogens is 354 g/mol. The smallest absolute Gasteiger partial charge is 0.326 e. The number of nitrogens with zero attached hydrogens (tertiary/aromatic N) is 2. The molecule has 0 saturated carbocycles. The molecule has 1 unspecified atom stereocenters. The standard InChI is InChI=1S/C18H23N3O4S/c1-10-12(3)26-18-15(10)17(24)19-16(20-18)11(2)25-14(23)9-21-8-6-4-5-7-13(21)22/h11H,4-9H2,1-3H3,(H,19,20,24). The third-order valence-corrected chi connectivity index (χ3v) is 5.84. The van der Waals surface area contributed by atoms with Crippen LogP contribution in [0.3, 0.4) is 0 Å². The van der Waals surface area contributed by atoms with Crippen LogP contribution in [-0.2, 0) is 14.3 Å². The summed E-state index contributed by atoms with van der Waals surface area (Å²) < 4.78 is 5.41. The van der Waals surface area contributed by atoms with E-state index >= 15 is 0 Å². The molecule has 1 amide bonds. The van der Waals surface area contributed by atoms with Gasteiger partial charge in [0.2, 0.25) is 5.91 Å². The maximum atomic E-state index is 12.3. The Kier molecular flexibility index (Phi) is 5.41. The number of aromatic amines is 1. The molecule has 8 heteroatoms. The van der Waals surface area contributed by atoms with Crippen LogP contribution < -0.4 is 5.56 Å². The number of H-pyrrole nitrogens is 1. The summed E-state index contributed by atoms with van der Waals surface area (Å²) >= 11 is 1.45. The first kappa shape index (κ1) is 18.6. The zero-order chi connectivity index (χ0) is 18.8. The number of carbonyl (C=O) groups is 2. The summed E-state index contributed by atoms with van der Waals surface area (Å²) in [5.74, 6) is -0.182. The normalized spacial score (nSPS) is 16.6. The minimum atomic E-state index is -0.690. The van der Waals surface area contributed by atoms with Crippen LogP contribution in [0.15, 0.2) is 4.79 Å². The van der Waals surface area contributed by atoms with Crippen molar-refractivity contribution in [1.82, 2.24) is 14.9 Å². The molecule has 3 rings (SSSR count). The van der Waals surface area contributed by atoms with E-state index < -0.39 is 12.1 Å². The lowest BCUT2D eigenvalue weighted by atomic mass is 10.2. The van der Waals surface area contributed by atoms with Crippen molar-refractivity contribution in [2.45, 2.75) is 52.6 Å². The van der Waals surface area contributed by atoms with Crippen molar-refractivity contribution >= 4 is 33.4 Å². The Balaban J connectivity index is 1.72. The quantitative estimate of drug-likeness (QED) is 0.827. The molecule has 1 atom stereocenters. The van der Waals surface area contributed by atoms with Crippen LogP contribution in [0.5, 0.6) is 0 Å². The third-order valence-electron chi connectivity index (χ3n) is 4.74. The summed E-state index contributed by atoms with van der Waals surface area (Å²) in [5.41, 5.74) is 0.701. The zero-order valence-electron chi connectivity index (χ0n) is 15.3. The van der Waals surface area contributed by atoms with Crippen molar-refractivity contribution in [3.8, 4) is 0 Å². The van der Waals surface area contributed by atoms with Crippen LogP contribution >= 0.6 is 11.3 Å². The largest absolute Gasteiger partial charge is 0.453 e. The summed E-state index contributed by atoms with van der Waals surface area (Å²) in [6.45, 7) is 6.03. The van der Waals surface area contributed by atoms with E-state index in [1.165, 1.54) is 11.3 Å². The molecule has 7 nitrogen and oxygen atoms in total. The van der Waals surface area contributed by atoms with Gasteiger partial charge in [0.15, 0.2) is 11.9 Å². The van der Waals surface area contributed by atoms with Gasteiger partial charge in [0, 0.05) is 17.8 Å². The van der Waals surface area contributed by atoms with E-state index in [-0.39, 0.29) is 18.0 Å². The molecule has 0 spiro atoms. The molecule has 1 aliphatic rings. The summed E-state index contributed by atoms with van der Waals surface area (Å²) in [6, 6.07) is 0. The molecule has 140 valence electrons. The van der Waals surface area contributed by atoms with E-state index in [9.17, 15) is 14.4 Å². The van der Waals surface area contributed by atoms with E-state index in [1.807, 2.05) is 13.8 Å². The molecule has 26 heavy (non-hydrogen) atoms. The Labute approximate surface area is 155 Å². The van der Waals surface area contributed by atoms with Gasteiger partial charge in [-0.05, 0) is 39.2 Å². The zero-order valence-corrected chi connectivity index (χ0v) is 16.1. The first-order valence-electron chi connectivity index (χ1n) is 8.84. The van der Waals surface area contributed by atoms with Crippen LogP contribution in [0.4, 0.5) is 0 Å². The SMILES string of the molecule is Cc1sc2nc(C(C)OC(=O)CN3CCCCCC3=O)[nH]c(=O)c2c1C. The maximum Gasteiger partial charge on any atom is 0.326 e. The van der Waals surface area contributed by atoms with Gasteiger partial charge in [-0.3, -0.25) is 14.4 Å². The molecule has 1 aliphatic heterocycles. The molecule has 1 fully saturated rings. The highest BCUT2D eigenvalue weighted by atomic mass is 32.1. The number of likely N-dealkylation sites (tertiary alicyclic amines) is 1. The monoisotopic (exact) mass is 377 g/mol. The van der Waals surface area contributed by atoms with E-state index in [1.54, 1.807) is 11.8 Å². The summed E-state index contributed by atoms with van der Waals surface area (Å²) in [7, 11) is 0. The van der Waals surface area contributed by atoms with Gasteiger partial charge in [-0.15, -0.1) is 11.3 Å². The average Bonchev–Trinajstić information content (AvgIpc) is 2.74. The first-order chi connectivity index (χ1) is 12.4. The molecule has 0 bridgehead atoms. The number of hydrogen-bond acceptors (Lipinski definition) is 6. The highest BCUT2D eigenvalue weighted by Crippen LogP contribution is 2.27. The lowest BCUT2D eigenvalue weighted by molar-refractivity contribution is -0.153. The van der Waals surface area contributed by atoms with Crippen molar-refractivity contribution in [3.05, 3.63) is 26.6 Å². The number of carbonyl (C=O) groups excluding carboxylic acids is 2. The van der Waals surface area contributed by atoms with Crippen LogP contribution in [0.1, 0.15) is 55.0 Å². The van der Waals surface area contributed by atoms with Crippen LogP contribution in [0.2, 0.25) is 0 Å². The number of thiophene rings is 1. The minimum absolute atomic E-state index is 0.00964. The first-order valence-corrected chi connectivity index (χ1v) is 9.65. The Morgan fingerprint density at radius 1 is 1.31 bits per heavy atom. The minimum Gasteiger partial charge on any atom is -0.453 e. The van der Waals surface area contributed by atoms with Crippen molar-refractivity contribution in [3.63, 3.8) is 0 Å². The number of rotatable bonds is 4. The second-order valence-electron chi connectivity index (χ2n) is 6.67. The highest BCUT2D eigenvalue weighted by Gasteiger charge is 2.23. The van der Waals surface area contributed by atoms with Gasteiger partial charge in [-0.1, -0.05) is 6.42 Å².